The van der Waals surface area contributed by atoms with E-state index in [1.54, 1.807) is 6.20 Å². The number of nitrogens with zero attached hydrogens (tertiary/aromatic N) is 2. The van der Waals surface area contributed by atoms with Crippen LogP contribution in [-0.4, -0.2) is 34.3 Å². The van der Waals surface area contributed by atoms with E-state index in [2.05, 4.69) is 4.74 Å². The lowest BCUT2D eigenvalue weighted by atomic mass is 9.94. The molecule has 1 aromatic carbocycles. The van der Waals surface area contributed by atoms with Crippen molar-refractivity contribution < 1.29 is 27.5 Å². The summed E-state index contributed by atoms with van der Waals surface area (Å²) in [5, 5.41) is 0. The van der Waals surface area contributed by atoms with E-state index in [0.717, 1.165) is 0 Å². The summed E-state index contributed by atoms with van der Waals surface area (Å²) >= 11 is 0. The molecule has 4 N–H and O–H groups in total. The molecule has 2 heterocycles. The summed E-state index contributed by atoms with van der Waals surface area (Å²) < 4.78 is 43.6. The molecular weight excluding hydrogens is 389 g/mol. The summed E-state index contributed by atoms with van der Waals surface area (Å²) in [6.45, 7) is 2.84. The molecule has 2 aromatic rings. The molecule has 0 unspecified atom stereocenters. The molecule has 7 nitrogen and oxygen atoms in total. The fourth-order valence-electron chi connectivity index (χ4n) is 3.63. The maximum atomic E-state index is 12.6. The number of alkyl halides is 3. The van der Waals surface area contributed by atoms with Crippen LogP contribution in [-0.2, 0) is 19.5 Å². The smallest absolute Gasteiger partial charge is 0.406 e. The Balaban J connectivity index is 2.11. The number of amides is 3. The largest absolute Gasteiger partial charge is 0.573 e. The Morgan fingerprint density at radius 2 is 1.90 bits per heavy atom. The third-order valence-electron chi connectivity index (χ3n) is 4.82. The quantitative estimate of drug-likeness (QED) is 0.792. The van der Waals surface area contributed by atoms with E-state index in [-0.39, 0.29) is 17.9 Å². The minimum atomic E-state index is -4.79. The molecule has 0 atom stereocenters. The van der Waals surface area contributed by atoms with Gasteiger partial charge in [0, 0.05) is 24.8 Å². The summed E-state index contributed by atoms with van der Waals surface area (Å²) in [5.74, 6) is -1.01. The molecule has 0 radical (unpaired) electrons. The first kappa shape index (κ1) is 20.6. The van der Waals surface area contributed by atoms with Gasteiger partial charge in [-0.2, -0.15) is 0 Å². The standard InChI is InChI=1S/C19H21F3N4O3/c1-2-3-11-8-12(29-19(20,21)22)4-5-13(11)14-9-25-6-7-26(18(24)28)10-15(25)16(14)17(23)27/h4-5,8-9H,2-3,6-7,10H2,1H3,(H2,23,27)(H2,24,28). The topological polar surface area (TPSA) is 104 Å². The van der Waals surface area contributed by atoms with Gasteiger partial charge in [-0.25, -0.2) is 4.79 Å². The Morgan fingerprint density at radius 1 is 1.17 bits per heavy atom. The van der Waals surface area contributed by atoms with Gasteiger partial charge in [-0.05, 0) is 29.7 Å². The molecule has 3 amide bonds. The summed E-state index contributed by atoms with van der Waals surface area (Å²) in [6.07, 6.45) is -1.89. The molecule has 29 heavy (non-hydrogen) atoms. The SMILES string of the molecule is CCCc1cc(OC(F)(F)F)ccc1-c1cn2c(c1C(N)=O)CN(C(N)=O)CC2. The monoisotopic (exact) mass is 410 g/mol. The van der Waals surface area contributed by atoms with Crippen LogP contribution in [0.2, 0.25) is 0 Å². The normalized spacial score (nSPS) is 13.9. The molecule has 0 saturated heterocycles. The van der Waals surface area contributed by atoms with Crippen LogP contribution in [0, 0.1) is 0 Å². The zero-order valence-corrected chi connectivity index (χ0v) is 15.8. The van der Waals surface area contributed by atoms with Crippen LogP contribution in [0.3, 0.4) is 0 Å². The minimum absolute atomic E-state index is 0.131. The van der Waals surface area contributed by atoms with Crippen molar-refractivity contribution in [2.45, 2.75) is 39.2 Å². The van der Waals surface area contributed by atoms with Crippen molar-refractivity contribution in [3.05, 3.63) is 41.2 Å². The van der Waals surface area contributed by atoms with Crippen molar-refractivity contribution in [1.29, 1.82) is 0 Å². The number of carbonyl (C=O) groups excluding carboxylic acids is 2. The van der Waals surface area contributed by atoms with E-state index in [0.29, 0.717) is 48.3 Å². The Labute approximate surface area is 165 Å². The lowest BCUT2D eigenvalue weighted by Crippen LogP contribution is -2.41. The van der Waals surface area contributed by atoms with E-state index in [1.165, 1.54) is 23.1 Å². The van der Waals surface area contributed by atoms with Gasteiger partial charge in [0.05, 0.1) is 17.8 Å². The second kappa shape index (κ2) is 7.69. The van der Waals surface area contributed by atoms with Crippen LogP contribution in [0.5, 0.6) is 5.75 Å². The van der Waals surface area contributed by atoms with E-state index >= 15 is 0 Å². The number of ether oxygens (including phenoxy) is 1. The highest BCUT2D eigenvalue weighted by Crippen LogP contribution is 2.36. The van der Waals surface area contributed by atoms with Crippen LogP contribution < -0.4 is 16.2 Å². The summed E-state index contributed by atoms with van der Waals surface area (Å²) in [6, 6.07) is 3.42. The van der Waals surface area contributed by atoms with Gasteiger partial charge in [0.25, 0.3) is 5.91 Å². The Morgan fingerprint density at radius 3 is 2.48 bits per heavy atom. The average molecular weight is 410 g/mol. The molecule has 1 aliphatic rings. The Bertz CT molecular complexity index is 953. The number of carbonyl (C=O) groups is 2. The number of primary amides is 2. The molecule has 0 bridgehead atoms. The maximum Gasteiger partial charge on any atom is 0.573 e. The summed E-state index contributed by atoms with van der Waals surface area (Å²) in [7, 11) is 0. The second-order valence-corrected chi connectivity index (χ2v) is 6.80. The molecule has 156 valence electrons. The Kier molecular flexibility index (Phi) is 5.45. The van der Waals surface area contributed by atoms with Gasteiger partial charge in [-0.3, -0.25) is 4.79 Å². The Hall–Kier alpha value is -3.17. The van der Waals surface area contributed by atoms with E-state index < -0.39 is 18.3 Å². The number of halogens is 3. The first-order valence-corrected chi connectivity index (χ1v) is 9.06. The van der Waals surface area contributed by atoms with Gasteiger partial charge in [0.2, 0.25) is 0 Å². The van der Waals surface area contributed by atoms with E-state index in [1.807, 2.05) is 11.5 Å². The van der Waals surface area contributed by atoms with Gasteiger partial charge in [0.15, 0.2) is 0 Å². The minimum Gasteiger partial charge on any atom is -0.406 e. The predicted octanol–water partition coefficient (Wildman–Crippen LogP) is 3.00. The molecule has 0 fully saturated rings. The van der Waals surface area contributed by atoms with Gasteiger partial charge in [-0.1, -0.05) is 19.4 Å². The third-order valence-corrected chi connectivity index (χ3v) is 4.82. The summed E-state index contributed by atoms with van der Waals surface area (Å²) in [4.78, 5) is 25.2. The predicted molar refractivity (Wildman–Crippen MR) is 99.1 cm³/mol. The van der Waals surface area contributed by atoms with E-state index in [4.69, 9.17) is 11.5 Å². The first-order valence-electron chi connectivity index (χ1n) is 9.06. The lowest BCUT2D eigenvalue weighted by Gasteiger charge is -2.27. The highest BCUT2D eigenvalue weighted by atomic mass is 19.4. The summed E-state index contributed by atoms with van der Waals surface area (Å²) in [5.41, 5.74) is 13.5. The highest BCUT2D eigenvalue weighted by molar-refractivity contribution is 6.02. The molecule has 1 aliphatic heterocycles. The molecule has 1 aromatic heterocycles. The van der Waals surface area contributed by atoms with Crippen molar-refractivity contribution in [1.82, 2.24) is 9.47 Å². The van der Waals surface area contributed by atoms with Crippen molar-refractivity contribution in [2.75, 3.05) is 6.54 Å². The number of benzene rings is 1. The van der Waals surface area contributed by atoms with Crippen LogP contribution in [0.4, 0.5) is 18.0 Å². The number of aromatic nitrogens is 1. The molecule has 10 heteroatoms. The fraction of sp³-hybridized carbons (Fsp3) is 0.368. The molecule has 3 rings (SSSR count). The number of rotatable bonds is 5. The van der Waals surface area contributed by atoms with Gasteiger partial charge < -0.3 is 25.7 Å². The number of aryl methyl sites for hydroxylation is 1. The first-order chi connectivity index (χ1) is 13.6. The van der Waals surface area contributed by atoms with Crippen LogP contribution in [0.25, 0.3) is 11.1 Å². The van der Waals surface area contributed by atoms with Gasteiger partial charge in [-0.15, -0.1) is 13.2 Å². The lowest BCUT2D eigenvalue weighted by molar-refractivity contribution is -0.274. The zero-order chi connectivity index (χ0) is 21.3. The number of fused-ring (bicyclic) bond motifs is 1. The molecule has 0 spiro atoms. The second-order valence-electron chi connectivity index (χ2n) is 6.80. The number of hydrogen-bond acceptors (Lipinski definition) is 3. The van der Waals surface area contributed by atoms with Gasteiger partial charge in [0.1, 0.15) is 5.75 Å². The third kappa shape index (κ3) is 4.30. The van der Waals surface area contributed by atoms with Crippen LogP contribution >= 0.6 is 0 Å². The number of urea groups is 1. The average Bonchev–Trinajstić information content (AvgIpc) is 2.99. The van der Waals surface area contributed by atoms with Crippen molar-refractivity contribution in [2.24, 2.45) is 11.5 Å². The van der Waals surface area contributed by atoms with Crippen molar-refractivity contribution >= 4 is 11.9 Å². The maximum absolute atomic E-state index is 12.6. The van der Waals surface area contributed by atoms with Gasteiger partial charge >= 0.3 is 12.4 Å². The van der Waals surface area contributed by atoms with Crippen molar-refractivity contribution in [3.63, 3.8) is 0 Å². The van der Waals surface area contributed by atoms with Crippen molar-refractivity contribution in [3.8, 4) is 16.9 Å². The molecule has 0 saturated carbocycles. The van der Waals surface area contributed by atoms with Crippen LogP contribution in [0.15, 0.2) is 24.4 Å². The molecule has 0 aliphatic carbocycles. The zero-order valence-electron chi connectivity index (χ0n) is 15.8. The van der Waals surface area contributed by atoms with E-state index in [9.17, 15) is 22.8 Å². The highest BCUT2D eigenvalue weighted by Gasteiger charge is 2.32. The molecular formula is C19H21F3N4O3. The number of nitrogens with two attached hydrogens (primary N) is 2. The number of hydrogen-bond donors (Lipinski definition) is 2. The fourth-order valence-corrected chi connectivity index (χ4v) is 3.63. The van der Waals surface area contributed by atoms with Crippen LogP contribution in [0.1, 0.15) is 35.0 Å².